The highest BCUT2D eigenvalue weighted by atomic mass is 32.2. The van der Waals surface area contributed by atoms with Gasteiger partial charge in [0, 0.05) is 30.8 Å². The predicted octanol–water partition coefficient (Wildman–Crippen LogP) is 3.85. The summed E-state index contributed by atoms with van der Waals surface area (Å²) in [5, 5.41) is 4.35. The summed E-state index contributed by atoms with van der Waals surface area (Å²) in [6.07, 6.45) is -4.88. The number of fused-ring (bicyclic) bond motifs is 3. The molecule has 5 rings (SSSR count). The van der Waals surface area contributed by atoms with Gasteiger partial charge in [0.15, 0.2) is 15.5 Å². The number of alkyl halides is 3. The lowest BCUT2D eigenvalue weighted by atomic mass is 10.0. The van der Waals surface area contributed by atoms with Crippen molar-refractivity contribution in [3.05, 3.63) is 64.8 Å². The van der Waals surface area contributed by atoms with Crippen LogP contribution in [0.25, 0.3) is 16.9 Å². The van der Waals surface area contributed by atoms with Gasteiger partial charge in [-0.05, 0) is 30.7 Å². The molecule has 0 atom stereocenters. The smallest absolute Gasteiger partial charge is 0.417 e. The molecular formula is C25H24F3N3O5S. The molecule has 0 unspecified atom stereocenters. The van der Waals surface area contributed by atoms with Crippen molar-refractivity contribution in [1.29, 1.82) is 0 Å². The second-order valence-electron chi connectivity index (χ2n) is 8.80. The lowest BCUT2D eigenvalue weighted by Gasteiger charge is -2.26. The Morgan fingerprint density at radius 1 is 1.11 bits per heavy atom. The predicted molar refractivity (Wildman–Crippen MR) is 127 cm³/mol. The Labute approximate surface area is 211 Å². The van der Waals surface area contributed by atoms with E-state index in [0.29, 0.717) is 25.4 Å². The molecule has 0 N–H and O–H groups in total. The van der Waals surface area contributed by atoms with Gasteiger partial charge in [0.1, 0.15) is 0 Å². The second kappa shape index (κ2) is 9.58. The average molecular weight is 536 g/mol. The van der Waals surface area contributed by atoms with Gasteiger partial charge in [0.25, 0.3) is 0 Å². The monoisotopic (exact) mass is 535 g/mol. The van der Waals surface area contributed by atoms with Crippen LogP contribution in [0.5, 0.6) is 0 Å². The lowest BCUT2D eigenvalue weighted by Crippen LogP contribution is -2.35. The molecule has 0 amide bonds. The zero-order valence-corrected chi connectivity index (χ0v) is 20.7. The van der Waals surface area contributed by atoms with Crippen LogP contribution in [0.2, 0.25) is 0 Å². The van der Waals surface area contributed by atoms with Crippen molar-refractivity contribution in [3.8, 4) is 16.9 Å². The summed E-state index contributed by atoms with van der Waals surface area (Å²) < 4.78 is 79.5. The fraction of sp³-hybridized carbons (Fsp3) is 0.360. The van der Waals surface area contributed by atoms with Crippen LogP contribution in [0.4, 0.5) is 13.2 Å². The first-order valence-corrected chi connectivity index (χ1v) is 13.4. The van der Waals surface area contributed by atoms with Crippen LogP contribution in [-0.2, 0) is 37.8 Å². The minimum atomic E-state index is -4.88. The molecule has 3 aromatic rings. The van der Waals surface area contributed by atoms with Crippen LogP contribution in [0.3, 0.4) is 0 Å². The third-order valence-corrected chi connectivity index (χ3v) is 8.09. The first-order chi connectivity index (χ1) is 17.6. The molecule has 2 aromatic carbocycles. The van der Waals surface area contributed by atoms with Crippen molar-refractivity contribution in [3.63, 3.8) is 0 Å². The van der Waals surface area contributed by atoms with Gasteiger partial charge in [-0.25, -0.2) is 17.9 Å². The number of morpholine rings is 1. The van der Waals surface area contributed by atoms with Crippen LogP contribution in [0, 0.1) is 0 Å². The van der Waals surface area contributed by atoms with E-state index in [0.717, 1.165) is 30.8 Å². The van der Waals surface area contributed by atoms with Gasteiger partial charge in [0.05, 0.1) is 47.4 Å². The van der Waals surface area contributed by atoms with Crippen molar-refractivity contribution >= 4 is 15.8 Å². The third-order valence-electron chi connectivity index (χ3n) is 6.36. The number of esters is 1. The largest absolute Gasteiger partial charge is 0.461 e. The summed E-state index contributed by atoms with van der Waals surface area (Å²) in [7, 11) is -4.43. The average Bonchev–Trinajstić information content (AvgIpc) is 3.23. The Morgan fingerprint density at radius 2 is 1.81 bits per heavy atom. The maximum atomic E-state index is 13.8. The number of sulfone groups is 1. The zero-order valence-electron chi connectivity index (χ0n) is 19.9. The summed E-state index contributed by atoms with van der Waals surface area (Å²) in [4.78, 5) is 14.1. The highest BCUT2D eigenvalue weighted by Crippen LogP contribution is 2.46. The van der Waals surface area contributed by atoms with Gasteiger partial charge >= 0.3 is 12.1 Å². The molecule has 0 bridgehead atoms. The van der Waals surface area contributed by atoms with E-state index in [1.54, 1.807) is 19.1 Å². The third kappa shape index (κ3) is 4.76. The number of carbonyl (C=O) groups excluding carboxylic acids is 1. The second-order valence-corrected chi connectivity index (χ2v) is 10.7. The molecular weight excluding hydrogens is 511 g/mol. The van der Waals surface area contributed by atoms with Crippen molar-refractivity contribution in [2.75, 3.05) is 32.9 Å². The summed E-state index contributed by atoms with van der Waals surface area (Å²) in [6.45, 7) is 5.26. The number of benzene rings is 2. The van der Waals surface area contributed by atoms with Crippen molar-refractivity contribution in [2.24, 2.45) is 0 Å². The Morgan fingerprint density at radius 3 is 2.46 bits per heavy atom. The Bertz CT molecular complexity index is 1440. The first kappa shape index (κ1) is 25.4. The van der Waals surface area contributed by atoms with Crippen LogP contribution in [-0.4, -0.2) is 62.0 Å². The molecule has 8 nitrogen and oxygen atoms in total. The highest BCUT2D eigenvalue weighted by molar-refractivity contribution is 7.91. The van der Waals surface area contributed by atoms with E-state index in [4.69, 9.17) is 9.47 Å². The summed E-state index contributed by atoms with van der Waals surface area (Å²) >= 11 is 0. The number of ether oxygens (including phenoxy) is 2. The van der Waals surface area contributed by atoms with Gasteiger partial charge in [-0.3, -0.25) is 4.90 Å². The fourth-order valence-electron chi connectivity index (χ4n) is 4.72. The number of carbonyl (C=O) groups is 1. The minimum absolute atomic E-state index is 0.0164. The molecule has 0 spiro atoms. The molecule has 0 aliphatic carbocycles. The lowest BCUT2D eigenvalue weighted by molar-refractivity contribution is -0.139. The molecule has 0 radical (unpaired) electrons. The first-order valence-electron chi connectivity index (χ1n) is 11.7. The molecule has 1 fully saturated rings. The van der Waals surface area contributed by atoms with E-state index < -0.39 is 38.2 Å². The fourth-order valence-corrected chi connectivity index (χ4v) is 6.53. The van der Waals surface area contributed by atoms with Crippen molar-refractivity contribution in [1.82, 2.24) is 14.7 Å². The van der Waals surface area contributed by atoms with E-state index >= 15 is 0 Å². The van der Waals surface area contributed by atoms with Crippen molar-refractivity contribution < 1.29 is 35.9 Å². The zero-order chi connectivity index (χ0) is 26.4. The van der Waals surface area contributed by atoms with Gasteiger partial charge < -0.3 is 9.47 Å². The van der Waals surface area contributed by atoms with Crippen LogP contribution in [0.1, 0.15) is 34.1 Å². The number of rotatable bonds is 5. The van der Waals surface area contributed by atoms with Gasteiger partial charge in [-0.15, -0.1) is 0 Å². The van der Waals surface area contributed by atoms with E-state index in [1.165, 1.54) is 10.7 Å². The van der Waals surface area contributed by atoms with E-state index in [2.05, 4.69) is 10.00 Å². The normalized spacial score (nSPS) is 17.2. The summed E-state index contributed by atoms with van der Waals surface area (Å²) in [5.74, 6) is -1.64. The molecule has 2 aliphatic rings. The van der Waals surface area contributed by atoms with E-state index in [1.807, 2.05) is 12.1 Å². The Kier molecular flexibility index (Phi) is 6.59. The number of nitrogens with zero attached hydrogens (tertiary/aromatic N) is 3. The molecule has 37 heavy (non-hydrogen) atoms. The quantitative estimate of drug-likeness (QED) is 0.459. The number of aromatic nitrogens is 2. The van der Waals surface area contributed by atoms with Crippen LogP contribution in [0.15, 0.2) is 47.4 Å². The van der Waals surface area contributed by atoms with E-state index in [-0.39, 0.29) is 29.1 Å². The molecule has 2 aliphatic heterocycles. The molecule has 1 saturated heterocycles. The number of halogens is 3. The topological polar surface area (TPSA) is 90.7 Å². The van der Waals surface area contributed by atoms with Gasteiger partial charge in [-0.1, -0.05) is 24.3 Å². The molecule has 0 saturated carbocycles. The Hall–Kier alpha value is -3.22. The Balaban J connectivity index is 1.65. The van der Waals surface area contributed by atoms with Crippen LogP contribution >= 0.6 is 0 Å². The SMILES string of the molecule is CCOC(=O)c1nn(-c2ccc(CN3CCOCC3)cc2)c2c1CS(=O)(=O)c1c-2cccc1C(F)(F)F. The van der Waals surface area contributed by atoms with E-state index in [9.17, 15) is 26.4 Å². The minimum Gasteiger partial charge on any atom is -0.461 e. The molecule has 3 heterocycles. The standard InChI is InChI=1S/C25H24F3N3O5S/c1-2-36-24(32)21-19-15-37(33,34)23-18(4-3-5-20(23)25(26,27)28)22(19)31(29-21)17-8-6-16(7-9-17)14-30-10-12-35-13-11-30/h3-9H,2,10-15H2,1H3. The van der Waals surface area contributed by atoms with Crippen LogP contribution < -0.4 is 0 Å². The summed E-state index contributed by atoms with van der Waals surface area (Å²) in [5.41, 5.74) is -0.0123. The highest BCUT2D eigenvalue weighted by Gasteiger charge is 2.44. The van der Waals surface area contributed by atoms with Gasteiger partial charge in [0.2, 0.25) is 0 Å². The maximum Gasteiger partial charge on any atom is 0.417 e. The molecule has 12 heteroatoms. The molecule has 1 aromatic heterocycles. The maximum absolute atomic E-state index is 13.8. The summed E-state index contributed by atoms with van der Waals surface area (Å²) in [6, 6.07) is 10.4. The number of hydrogen-bond donors (Lipinski definition) is 0. The van der Waals surface area contributed by atoms with Gasteiger partial charge in [-0.2, -0.15) is 18.3 Å². The number of hydrogen-bond acceptors (Lipinski definition) is 7. The van der Waals surface area contributed by atoms with Crippen molar-refractivity contribution in [2.45, 2.75) is 30.3 Å². The molecule has 196 valence electrons.